The molecule has 0 unspecified atom stereocenters. The molecule has 1 aromatic heterocycles. The number of hydrazine groups is 1. The van der Waals surface area contributed by atoms with E-state index in [1.54, 1.807) is 31.2 Å². The van der Waals surface area contributed by atoms with Crippen molar-refractivity contribution in [3.8, 4) is 0 Å². The summed E-state index contributed by atoms with van der Waals surface area (Å²) in [4.78, 5) is 47.4. The predicted molar refractivity (Wildman–Crippen MR) is 90.6 cm³/mol. The van der Waals surface area contributed by atoms with Gasteiger partial charge >= 0.3 is 0 Å². The molecule has 25 heavy (non-hydrogen) atoms. The molecule has 0 aliphatic carbocycles. The zero-order chi connectivity index (χ0) is 18.6. The van der Waals surface area contributed by atoms with Gasteiger partial charge in [-0.2, -0.15) is 5.10 Å². The number of benzene rings is 1. The number of aryl methyl sites for hydroxylation is 1. The second kappa shape index (κ2) is 7.56. The normalized spacial score (nSPS) is 11.6. The van der Waals surface area contributed by atoms with E-state index in [1.165, 1.54) is 18.5 Å². The first kappa shape index (κ1) is 18.1. The lowest BCUT2D eigenvalue weighted by Gasteiger charge is -2.14. The molecule has 3 amide bonds. The second-order valence-electron chi connectivity index (χ2n) is 5.38. The fraction of sp³-hybridized carbons (Fsp3) is 0.312. The molecule has 0 radical (unpaired) electrons. The van der Waals surface area contributed by atoms with Gasteiger partial charge in [0.25, 0.3) is 17.4 Å². The molecule has 3 N–H and O–H groups in total. The Balaban J connectivity index is 2.25. The highest BCUT2D eigenvalue weighted by Gasteiger charge is 2.18. The van der Waals surface area contributed by atoms with Crippen LogP contribution in [0.4, 0.5) is 0 Å². The van der Waals surface area contributed by atoms with Gasteiger partial charge in [0.1, 0.15) is 6.04 Å². The fourth-order valence-corrected chi connectivity index (χ4v) is 2.27. The van der Waals surface area contributed by atoms with Crippen LogP contribution in [0, 0.1) is 0 Å². The van der Waals surface area contributed by atoms with E-state index >= 15 is 0 Å². The number of aromatic nitrogens is 2. The van der Waals surface area contributed by atoms with Crippen LogP contribution in [-0.2, 0) is 16.1 Å². The van der Waals surface area contributed by atoms with Crippen LogP contribution in [0.5, 0.6) is 0 Å². The number of nitrogens with one attached hydrogen (secondary N) is 3. The van der Waals surface area contributed by atoms with Gasteiger partial charge in [-0.1, -0.05) is 18.2 Å². The van der Waals surface area contributed by atoms with E-state index in [9.17, 15) is 19.2 Å². The van der Waals surface area contributed by atoms with E-state index in [1.807, 2.05) is 0 Å². The lowest BCUT2D eigenvalue weighted by atomic mass is 10.1. The maximum atomic E-state index is 12.4. The Hall–Kier alpha value is -3.23. The Morgan fingerprint density at radius 1 is 1.16 bits per heavy atom. The Bertz CT molecular complexity index is 890. The minimum atomic E-state index is -0.813. The van der Waals surface area contributed by atoms with Crippen molar-refractivity contribution in [2.24, 2.45) is 0 Å². The summed E-state index contributed by atoms with van der Waals surface area (Å²) in [6.45, 7) is 4.80. The third kappa shape index (κ3) is 4.00. The van der Waals surface area contributed by atoms with Gasteiger partial charge in [-0.05, 0) is 19.9 Å². The maximum absolute atomic E-state index is 12.4. The molecule has 0 fully saturated rings. The van der Waals surface area contributed by atoms with E-state index in [0.29, 0.717) is 17.3 Å². The standard InChI is InChI=1S/C16H19N5O4/c1-4-21-16(25)12-8-6-5-7-11(12)13(20-21)15(24)19-18-14(23)9(2)17-10(3)22/h5-9H,4H2,1-3H3,(H,17,22)(H,18,23)(H,19,24)/t9-/m1/s1. The quantitative estimate of drug-likeness (QED) is 0.657. The van der Waals surface area contributed by atoms with Gasteiger partial charge in [0.2, 0.25) is 5.91 Å². The second-order valence-corrected chi connectivity index (χ2v) is 5.38. The molecule has 9 heteroatoms. The van der Waals surface area contributed by atoms with Crippen molar-refractivity contribution in [1.82, 2.24) is 25.9 Å². The van der Waals surface area contributed by atoms with E-state index in [-0.39, 0.29) is 17.2 Å². The highest BCUT2D eigenvalue weighted by molar-refractivity contribution is 6.05. The van der Waals surface area contributed by atoms with E-state index in [0.717, 1.165) is 0 Å². The van der Waals surface area contributed by atoms with Crippen LogP contribution >= 0.6 is 0 Å². The van der Waals surface area contributed by atoms with Crippen LogP contribution < -0.4 is 21.7 Å². The number of fused-ring (bicyclic) bond motifs is 1. The average Bonchev–Trinajstić information content (AvgIpc) is 2.59. The number of rotatable bonds is 4. The highest BCUT2D eigenvalue weighted by Crippen LogP contribution is 2.12. The molecule has 0 spiro atoms. The molecular weight excluding hydrogens is 326 g/mol. The minimum absolute atomic E-state index is 0.0181. The molecule has 132 valence electrons. The van der Waals surface area contributed by atoms with Crippen molar-refractivity contribution >= 4 is 28.5 Å². The third-order valence-corrected chi connectivity index (χ3v) is 3.49. The van der Waals surface area contributed by atoms with Crippen LogP contribution in [0.15, 0.2) is 29.1 Å². The highest BCUT2D eigenvalue weighted by atomic mass is 16.2. The Morgan fingerprint density at radius 2 is 1.80 bits per heavy atom. The topological polar surface area (TPSA) is 122 Å². The predicted octanol–water partition coefficient (Wildman–Crippen LogP) is -0.298. The number of nitrogens with zero attached hydrogens (tertiary/aromatic N) is 2. The zero-order valence-corrected chi connectivity index (χ0v) is 14.1. The maximum Gasteiger partial charge on any atom is 0.290 e. The summed E-state index contributed by atoms with van der Waals surface area (Å²) >= 11 is 0. The van der Waals surface area contributed by atoms with Crippen LogP contribution in [-0.4, -0.2) is 33.5 Å². The summed E-state index contributed by atoms with van der Waals surface area (Å²) < 4.78 is 1.18. The first-order valence-electron chi connectivity index (χ1n) is 7.72. The number of carbonyl (C=O) groups is 3. The molecule has 0 saturated carbocycles. The summed E-state index contributed by atoms with van der Waals surface area (Å²) in [5, 5.41) is 7.21. The van der Waals surface area contributed by atoms with Gasteiger partial charge in [-0.3, -0.25) is 30.0 Å². The molecule has 2 rings (SSSR count). The fourth-order valence-electron chi connectivity index (χ4n) is 2.27. The van der Waals surface area contributed by atoms with Gasteiger partial charge in [0, 0.05) is 18.9 Å². The zero-order valence-electron chi connectivity index (χ0n) is 14.1. The van der Waals surface area contributed by atoms with Gasteiger partial charge in [-0.15, -0.1) is 0 Å². The van der Waals surface area contributed by atoms with Gasteiger partial charge < -0.3 is 5.32 Å². The number of hydrogen-bond donors (Lipinski definition) is 3. The van der Waals surface area contributed by atoms with Crippen molar-refractivity contribution in [3.63, 3.8) is 0 Å². The van der Waals surface area contributed by atoms with Crippen molar-refractivity contribution in [3.05, 3.63) is 40.3 Å². The Morgan fingerprint density at radius 3 is 2.40 bits per heavy atom. The Kier molecular flexibility index (Phi) is 5.48. The average molecular weight is 345 g/mol. The van der Waals surface area contributed by atoms with E-state index in [2.05, 4.69) is 21.3 Å². The SMILES string of the molecule is CCn1nc(C(=O)NNC(=O)[C@@H](C)NC(C)=O)c2ccccc2c1=O. The molecule has 0 saturated heterocycles. The van der Waals surface area contributed by atoms with Crippen molar-refractivity contribution < 1.29 is 14.4 Å². The van der Waals surface area contributed by atoms with Crippen molar-refractivity contribution in [2.75, 3.05) is 0 Å². The monoisotopic (exact) mass is 345 g/mol. The molecule has 1 aromatic carbocycles. The van der Waals surface area contributed by atoms with Gasteiger partial charge in [0.05, 0.1) is 5.39 Å². The molecular formula is C16H19N5O4. The van der Waals surface area contributed by atoms with Gasteiger partial charge in [0.15, 0.2) is 5.69 Å². The van der Waals surface area contributed by atoms with Crippen molar-refractivity contribution in [2.45, 2.75) is 33.4 Å². The minimum Gasteiger partial charge on any atom is -0.345 e. The molecule has 9 nitrogen and oxygen atoms in total. The molecule has 2 aromatic rings. The molecule has 1 atom stereocenters. The van der Waals surface area contributed by atoms with Crippen LogP contribution in [0.3, 0.4) is 0 Å². The van der Waals surface area contributed by atoms with Gasteiger partial charge in [-0.25, -0.2) is 4.68 Å². The number of amides is 3. The third-order valence-electron chi connectivity index (χ3n) is 3.49. The summed E-state index contributed by atoms with van der Waals surface area (Å²) in [7, 11) is 0. The molecule has 0 aliphatic rings. The smallest absolute Gasteiger partial charge is 0.290 e. The van der Waals surface area contributed by atoms with Crippen LogP contribution in [0.1, 0.15) is 31.3 Å². The lowest BCUT2D eigenvalue weighted by molar-refractivity contribution is -0.128. The van der Waals surface area contributed by atoms with Crippen LogP contribution in [0.2, 0.25) is 0 Å². The lowest BCUT2D eigenvalue weighted by Crippen LogP contribution is -2.51. The molecule has 1 heterocycles. The first-order valence-corrected chi connectivity index (χ1v) is 7.72. The number of hydrogen-bond acceptors (Lipinski definition) is 5. The van der Waals surface area contributed by atoms with Crippen molar-refractivity contribution in [1.29, 1.82) is 0 Å². The largest absolute Gasteiger partial charge is 0.345 e. The molecule has 0 bridgehead atoms. The summed E-state index contributed by atoms with van der Waals surface area (Å²) in [6.07, 6.45) is 0. The van der Waals surface area contributed by atoms with E-state index in [4.69, 9.17) is 0 Å². The summed E-state index contributed by atoms with van der Waals surface area (Å²) in [5.41, 5.74) is 4.19. The Labute approximate surface area is 143 Å². The molecule has 0 aliphatic heterocycles. The van der Waals surface area contributed by atoms with Crippen LogP contribution in [0.25, 0.3) is 10.8 Å². The summed E-state index contributed by atoms with van der Waals surface area (Å²) in [6, 6.07) is 5.79. The summed E-state index contributed by atoms with van der Waals surface area (Å²) in [5.74, 6) is -1.62. The van der Waals surface area contributed by atoms with E-state index < -0.39 is 17.9 Å². The first-order chi connectivity index (χ1) is 11.8. The number of carbonyl (C=O) groups excluding carboxylic acids is 3.